The maximum Gasteiger partial charge on any atom is 0.304 e. The van der Waals surface area contributed by atoms with Gasteiger partial charge in [0.25, 0.3) is 0 Å². The lowest BCUT2D eigenvalue weighted by Gasteiger charge is -2.22. The number of carboxylic acid groups (broad SMARTS) is 1. The summed E-state index contributed by atoms with van der Waals surface area (Å²) in [6, 6.07) is 10.4. The van der Waals surface area contributed by atoms with E-state index >= 15 is 0 Å². The van der Waals surface area contributed by atoms with Gasteiger partial charge in [-0.2, -0.15) is 0 Å². The van der Waals surface area contributed by atoms with Crippen molar-refractivity contribution in [3.63, 3.8) is 0 Å². The van der Waals surface area contributed by atoms with Gasteiger partial charge in [0.05, 0.1) is 11.9 Å². The number of fused-ring (bicyclic) bond motifs is 1. The van der Waals surface area contributed by atoms with Gasteiger partial charge in [0.2, 0.25) is 0 Å². The molecule has 1 aliphatic carbocycles. The number of hydrogen-bond donors (Lipinski definition) is 1. The van der Waals surface area contributed by atoms with Gasteiger partial charge in [-0.3, -0.25) is 4.79 Å². The number of carbonyl (C=O) groups is 1. The molecule has 1 N–H and O–H groups in total. The van der Waals surface area contributed by atoms with Crippen LogP contribution in [0, 0.1) is 19.8 Å². The van der Waals surface area contributed by atoms with Crippen molar-refractivity contribution >= 4 is 17.0 Å². The van der Waals surface area contributed by atoms with Crippen LogP contribution in [0.15, 0.2) is 42.7 Å². The summed E-state index contributed by atoms with van der Waals surface area (Å²) in [5, 5.41) is 18.3. The SMILES string of the molecule is Cc1ccc(C(CC(=O)O)c2ccc3c(nnn3C)c2C)cc1Cn1ccnc1CC1CCCCC1. The molecule has 0 bridgehead atoms. The maximum atomic E-state index is 11.9. The Morgan fingerprint density at radius 3 is 2.72 bits per heavy atom. The Kier molecular flexibility index (Phi) is 6.90. The molecule has 2 aromatic carbocycles. The Balaban J connectivity index is 1.47. The predicted octanol–water partition coefficient (Wildman–Crippen LogP) is 5.56. The topological polar surface area (TPSA) is 85.8 Å². The molecule has 4 aromatic rings. The first-order chi connectivity index (χ1) is 17.4. The number of aryl methyl sites for hydroxylation is 3. The number of aliphatic carboxylic acids is 1. The van der Waals surface area contributed by atoms with Crippen molar-refractivity contribution in [2.24, 2.45) is 13.0 Å². The molecular formula is C29H35N5O2. The molecule has 7 nitrogen and oxygen atoms in total. The van der Waals surface area contributed by atoms with Crippen LogP contribution >= 0.6 is 0 Å². The number of nitrogens with zero attached hydrogens (tertiary/aromatic N) is 5. The van der Waals surface area contributed by atoms with Crippen molar-refractivity contribution in [2.45, 2.75) is 71.3 Å². The summed E-state index contributed by atoms with van der Waals surface area (Å²) in [6.07, 6.45) is 11.7. The van der Waals surface area contributed by atoms with Gasteiger partial charge in [-0.1, -0.05) is 61.6 Å². The minimum absolute atomic E-state index is 0.0209. The molecule has 0 aliphatic heterocycles. The molecule has 1 unspecified atom stereocenters. The third-order valence-electron chi connectivity index (χ3n) is 7.95. The first-order valence-corrected chi connectivity index (χ1v) is 13.0. The van der Waals surface area contributed by atoms with Gasteiger partial charge in [0.1, 0.15) is 11.3 Å². The number of imidazole rings is 1. The van der Waals surface area contributed by atoms with Crippen LogP contribution in [0.3, 0.4) is 0 Å². The van der Waals surface area contributed by atoms with E-state index in [-0.39, 0.29) is 12.3 Å². The standard InChI is InChI=1S/C29H35N5O2/c1-19-9-10-22(16-23(19)18-34-14-13-30-27(34)15-21-7-5-4-6-8-21)25(17-28(35)36)24-11-12-26-29(20(24)2)31-32-33(26)3/h9-14,16,21,25H,4-8,15,17-18H2,1-3H3,(H,35,36). The Hall–Kier alpha value is -3.48. The van der Waals surface area contributed by atoms with Crippen LogP contribution in [0.2, 0.25) is 0 Å². The van der Waals surface area contributed by atoms with E-state index in [0.29, 0.717) is 0 Å². The quantitative estimate of drug-likeness (QED) is 0.353. The highest BCUT2D eigenvalue weighted by Crippen LogP contribution is 2.34. The van der Waals surface area contributed by atoms with Crippen LogP contribution < -0.4 is 0 Å². The second kappa shape index (κ2) is 10.2. The van der Waals surface area contributed by atoms with Crippen molar-refractivity contribution < 1.29 is 9.90 Å². The molecule has 36 heavy (non-hydrogen) atoms. The Morgan fingerprint density at radius 2 is 1.94 bits per heavy atom. The molecule has 188 valence electrons. The first kappa shape index (κ1) is 24.2. The highest BCUT2D eigenvalue weighted by molar-refractivity contribution is 5.80. The Morgan fingerprint density at radius 1 is 1.14 bits per heavy atom. The van der Waals surface area contributed by atoms with Crippen LogP contribution in [-0.2, 0) is 24.8 Å². The van der Waals surface area contributed by atoms with Gasteiger partial charge in [0.15, 0.2) is 0 Å². The van der Waals surface area contributed by atoms with Crippen LogP contribution in [0.1, 0.15) is 78.1 Å². The average molecular weight is 486 g/mol. The van der Waals surface area contributed by atoms with Crippen molar-refractivity contribution in [3.8, 4) is 0 Å². The van der Waals surface area contributed by atoms with Gasteiger partial charge in [-0.15, -0.1) is 5.10 Å². The van der Waals surface area contributed by atoms with Crippen LogP contribution in [0.4, 0.5) is 0 Å². The van der Waals surface area contributed by atoms with Gasteiger partial charge >= 0.3 is 5.97 Å². The molecule has 1 aliphatic rings. The third-order valence-corrected chi connectivity index (χ3v) is 7.95. The fourth-order valence-electron chi connectivity index (χ4n) is 5.79. The second-order valence-corrected chi connectivity index (χ2v) is 10.4. The van der Waals surface area contributed by atoms with E-state index in [2.05, 4.69) is 46.2 Å². The molecule has 7 heteroatoms. The normalized spacial score (nSPS) is 15.4. The van der Waals surface area contributed by atoms with Crippen LogP contribution in [0.5, 0.6) is 0 Å². The van der Waals surface area contributed by atoms with Crippen LogP contribution in [0.25, 0.3) is 11.0 Å². The van der Waals surface area contributed by atoms with Gasteiger partial charge in [0, 0.05) is 38.3 Å². The second-order valence-electron chi connectivity index (χ2n) is 10.4. The molecule has 1 fully saturated rings. The first-order valence-electron chi connectivity index (χ1n) is 13.0. The smallest absolute Gasteiger partial charge is 0.304 e. The molecule has 1 atom stereocenters. The van der Waals surface area contributed by atoms with Gasteiger partial charge < -0.3 is 9.67 Å². The van der Waals surface area contributed by atoms with Crippen molar-refractivity contribution in [1.82, 2.24) is 24.5 Å². The third kappa shape index (κ3) is 4.92. The Labute approximate surface area is 212 Å². The van der Waals surface area contributed by atoms with E-state index in [1.807, 2.05) is 32.3 Å². The number of rotatable bonds is 8. The highest BCUT2D eigenvalue weighted by Gasteiger charge is 2.23. The Bertz CT molecular complexity index is 1380. The number of benzene rings is 2. The molecule has 0 saturated heterocycles. The van der Waals surface area contributed by atoms with E-state index < -0.39 is 5.97 Å². The average Bonchev–Trinajstić information content (AvgIpc) is 3.46. The van der Waals surface area contributed by atoms with E-state index in [9.17, 15) is 9.90 Å². The van der Waals surface area contributed by atoms with Crippen molar-refractivity contribution in [2.75, 3.05) is 0 Å². The monoisotopic (exact) mass is 485 g/mol. The fraction of sp³-hybridized carbons (Fsp3) is 0.448. The molecule has 0 amide bonds. The van der Waals surface area contributed by atoms with Gasteiger partial charge in [-0.05, 0) is 53.6 Å². The van der Waals surface area contributed by atoms with Crippen molar-refractivity contribution in [3.05, 3.63) is 76.4 Å². The highest BCUT2D eigenvalue weighted by atomic mass is 16.4. The summed E-state index contributed by atoms with van der Waals surface area (Å²) in [6.45, 7) is 4.88. The summed E-state index contributed by atoms with van der Waals surface area (Å²) < 4.78 is 4.02. The van der Waals surface area contributed by atoms with E-state index in [1.165, 1.54) is 43.2 Å². The minimum atomic E-state index is -0.815. The molecule has 1 saturated carbocycles. The van der Waals surface area contributed by atoms with E-state index in [0.717, 1.165) is 52.4 Å². The molecule has 0 radical (unpaired) electrons. The van der Waals surface area contributed by atoms with Crippen molar-refractivity contribution in [1.29, 1.82) is 0 Å². The number of aromatic nitrogens is 5. The maximum absolute atomic E-state index is 11.9. The van der Waals surface area contributed by atoms with E-state index in [1.54, 1.807) is 4.68 Å². The summed E-state index contributed by atoms with van der Waals surface area (Å²) in [5.74, 6) is 0.798. The predicted molar refractivity (Wildman–Crippen MR) is 140 cm³/mol. The lowest BCUT2D eigenvalue weighted by Crippen LogP contribution is -2.14. The molecule has 0 spiro atoms. The minimum Gasteiger partial charge on any atom is -0.481 e. The number of carboxylic acids is 1. The molecule has 5 rings (SSSR count). The molecular weight excluding hydrogens is 450 g/mol. The summed E-state index contributed by atoms with van der Waals surface area (Å²) in [7, 11) is 1.87. The zero-order valence-corrected chi connectivity index (χ0v) is 21.4. The molecule has 2 heterocycles. The largest absolute Gasteiger partial charge is 0.481 e. The zero-order valence-electron chi connectivity index (χ0n) is 21.4. The van der Waals surface area contributed by atoms with Gasteiger partial charge in [-0.25, -0.2) is 9.67 Å². The number of hydrogen-bond acceptors (Lipinski definition) is 4. The summed E-state index contributed by atoms with van der Waals surface area (Å²) >= 11 is 0. The van der Waals surface area contributed by atoms with Crippen LogP contribution in [-0.4, -0.2) is 35.6 Å². The fourth-order valence-corrected chi connectivity index (χ4v) is 5.79. The summed E-state index contributed by atoms with van der Waals surface area (Å²) in [5.41, 5.74) is 7.15. The summed E-state index contributed by atoms with van der Waals surface area (Å²) in [4.78, 5) is 16.6. The molecule has 2 aromatic heterocycles. The lowest BCUT2D eigenvalue weighted by molar-refractivity contribution is -0.137. The van der Waals surface area contributed by atoms with E-state index in [4.69, 9.17) is 4.98 Å². The lowest BCUT2D eigenvalue weighted by atomic mass is 9.84. The zero-order chi connectivity index (χ0) is 25.2.